The number of aldehydes is 1. The van der Waals surface area contributed by atoms with E-state index in [2.05, 4.69) is 13.8 Å². The Hall–Kier alpha value is -2.01. The summed E-state index contributed by atoms with van der Waals surface area (Å²) in [5.41, 5.74) is 0.541. The zero-order valence-corrected chi connectivity index (χ0v) is 16.1. The Morgan fingerprint density at radius 1 is 0.962 bits per heavy atom. The Balaban J connectivity index is 2.23. The number of unbranched alkanes of at least 4 members (excludes halogenated alkanes) is 2. The number of carbonyl (C=O) groups excluding carboxylic acids is 1. The summed E-state index contributed by atoms with van der Waals surface area (Å²) in [6, 6.07) is 6.27. The van der Waals surface area contributed by atoms with E-state index in [4.69, 9.17) is 0 Å². The Bertz CT molecular complexity index is 723. The fraction of sp³-hybridized carbons (Fsp3) is 0.381. The normalized spacial score (nSPS) is 11.2. The maximum atomic E-state index is 14.6. The van der Waals surface area contributed by atoms with E-state index in [1.54, 1.807) is 18.2 Å². The first kappa shape index (κ1) is 20.3. The molecule has 0 spiro atoms. The fourth-order valence-corrected chi connectivity index (χ4v) is 3.44. The molecule has 0 aliphatic carbocycles. The maximum Gasteiger partial charge on any atom is 0.160 e. The van der Waals surface area contributed by atoms with Gasteiger partial charge in [0.05, 0.1) is 4.88 Å². The SMILES string of the molecule is CCCCN(CCCC)c1c(F)cc(/C=C/c2ccc(C=O)s2)cc1F. The number of carbonyl (C=O) groups is 1. The molecule has 0 saturated heterocycles. The van der Waals surface area contributed by atoms with E-state index in [1.165, 1.54) is 23.5 Å². The second-order valence-corrected chi connectivity index (χ2v) is 7.37. The predicted octanol–water partition coefficient (Wildman–Crippen LogP) is 6.42. The molecule has 0 N–H and O–H groups in total. The van der Waals surface area contributed by atoms with Crippen molar-refractivity contribution in [2.45, 2.75) is 39.5 Å². The van der Waals surface area contributed by atoms with Gasteiger partial charge in [0.2, 0.25) is 0 Å². The van der Waals surface area contributed by atoms with Crippen LogP contribution in [0.15, 0.2) is 24.3 Å². The van der Waals surface area contributed by atoms with E-state index in [0.717, 1.165) is 36.8 Å². The summed E-state index contributed by atoms with van der Waals surface area (Å²) < 4.78 is 29.3. The van der Waals surface area contributed by atoms with Gasteiger partial charge in [-0.1, -0.05) is 32.8 Å². The number of hydrogen-bond acceptors (Lipinski definition) is 3. The molecular weight excluding hydrogens is 352 g/mol. The number of halogens is 2. The fourth-order valence-electron chi connectivity index (χ4n) is 2.72. The van der Waals surface area contributed by atoms with Gasteiger partial charge in [-0.05, 0) is 48.7 Å². The molecule has 1 aromatic heterocycles. The molecule has 0 bridgehead atoms. The molecule has 0 aliphatic heterocycles. The Morgan fingerprint density at radius 2 is 1.54 bits per heavy atom. The molecule has 0 unspecified atom stereocenters. The van der Waals surface area contributed by atoms with Crippen LogP contribution in [0.25, 0.3) is 12.2 Å². The van der Waals surface area contributed by atoms with Gasteiger partial charge in [0.25, 0.3) is 0 Å². The quantitative estimate of drug-likeness (QED) is 0.446. The number of benzene rings is 1. The first-order chi connectivity index (χ1) is 12.6. The molecule has 1 heterocycles. The van der Waals surface area contributed by atoms with Crippen LogP contribution in [0.1, 0.15) is 59.6 Å². The largest absolute Gasteiger partial charge is 0.367 e. The van der Waals surface area contributed by atoms with Crippen molar-refractivity contribution in [1.82, 2.24) is 0 Å². The number of hydrogen-bond donors (Lipinski definition) is 0. The van der Waals surface area contributed by atoms with E-state index < -0.39 is 11.6 Å². The summed E-state index contributed by atoms with van der Waals surface area (Å²) in [5, 5.41) is 0. The lowest BCUT2D eigenvalue weighted by molar-refractivity contribution is 0.112. The Kier molecular flexibility index (Phi) is 7.98. The number of nitrogens with zero attached hydrogens (tertiary/aromatic N) is 1. The van der Waals surface area contributed by atoms with Crippen molar-refractivity contribution >= 4 is 35.5 Å². The average molecular weight is 378 g/mol. The van der Waals surface area contributed by atoms with Crippen LogP contribution < -0.4 is 4.90 Å². The first-order valence-corrected chi connectivity index (χ1v) is 9.87. The molecule has 5 heteroatoms. The molecule has 0 aliphatic rings. The minimum Gasteiger partial charge on any atom is -0.367 e. The average Bonchev–Trinajstić information content (AvgIpc) is 3.09. The van der Waals surface area contributed by atoms with Crippen LogP contribution in [-0.4, -0.2) is 19.4 Å². The Labute approximate surface area is 158 Å². The van der Waals surface area contributed by atoms with Gasteiger partial charge in [0.15, 0.2) is 6.29 Å². The summed E-state index contributed by atoms with van der Waals surface area (Å²) in [4.78, 5) is 14.0. The van der Waals surface area contributed by atoms with Gasteiger partial charge in [0, 0.05) is 18.0 Å². The second kappa shape index (κ2) is 10.2. The van der Waals surface area contributed by atoms with Gasteiger partial charge < -0.3 is 4.90 Å². The molecule has 0 saturated carbocycles. The van der Waals surface area contributed by atoms with Crippen LogP contribution in [0.4, 0.5) is 14.5 Å². The molecule has 2 nitrogen and oxygen atoms in total. The summed E-state index contributed by atoms with van der Waals surface area (Å²) in [7, 11) is 0. The van der Waals surface area contributed by atoms with Crippen LogP contribution in [-0.2, 0) is 0 Å². The summed E-state index contributed by atoms with van der Waals surface area (Å²) in [6.45, 7) is 5.45. The molecule has 0 radical (unpaired) electrons. The molecule has 1 aromatic carbocycles. The van der Waals surface area contributed by atoms with Crippen molar-refractivity contribution in [1.29, 1.82) is 0 Å². The van der Waals surface area contributed by atoms with Crippen LogP contribution in [0, 0.1) is 11.6 Å². The predicted molar refractivity (Wildman–Crippen MR) is 107 cm³/mol. The van der Waals surface area contributed by atoms with Crippen molar-refractivity contribution < 1.29 is 13.6 Å². The van der Waals surface area contributed by atoms with Gasteiger partial charge in [-0.25, -0.2) is 8.78 Å². The third-order valence-electron chi connectivity index (χ3n) is 4.12. The molecule has 140 valence electrons. The van der Waals surface area contributed by atoms with Crippen LogP contribution >= 0.6 is 11.3 Å². The molecule has 0 fully saturated rings. The van der Waals surface area contributed by atoms with Crippen molar-refractivity contribution in [2.75, 3.05) is 18.0 Å². The third kappa shape index (κ3) is 5.49. The number of anilines is 1. The standard InChI is InChI=1S/C21H25F2NOS/c1-3-5-11-24(12-6-4-2)21-19(22)13-16(14-20(21)23)7-8-17-9-10-18(15-25)26-17/h7-10,13-15H,3-6,11-12H2,1-2H3/b8-7+. The zero-order valence-electron chi connectivity index (χ0n) is 15.3. The lowest BCUT2D eigenvalue weighted by Crippen LogP contribution is -2.27. The topological polar surface area (TPSA) is 20.3 Å². The summed E-state index contributed by atoms with van der Waals surface area (Å²) >= 11 is 1.34. The summed E-state index contributed by atoms with van der Waals surface area (Å²) in [6.07, 6.45) is 7.99. The van der Waals surface area contributed by atoms with Gasteiger partial charge in [-0.15, -0.1) is 11.3 Å². The first-order valence-electron chi connectivity index (χ1n) is 9.06. The van der Waals surface area contributed by atoms with E-state index in [9.17, 15) is 13.6 Å². The number of rotatable bonds is 10. The van der Waals surface area contributed by atoms with Crippen molar-refractivity contribution in [2.24, 2.45) is 0 Å². The highest BCUT2D eigenvalue weighted by Crippen LogP contribution is 2.27. The van der Waals surface area contributed by atoms with Crippen LogP contribution in [0.3, 0.4) is 0 Å². The van der Waals surface area contributed by atoms with E-state index in [0.29, 0.717) is 23.5 Å². The molecule has 2 aromatic rings. The lowest BCUT2D eigenvalue weighted by Gasteiger charge is -2.25. The third-order valence-corrected chi connectivity index (χ3v) is 5.10. The highest BCUT2D eigenvalue weighted by atomic mass is 32.1. The van der Waals surface area contributed by atoms with E-state index in [1.807, 2.05) is 11.0 Å². The molecule has 0 atom stereocenters. The van der Waals surface area contributed by atoms with Crippen molar-refractivity contribution in [3.05, 3.63) is 51.2 Å². The van der Waals surface area contributed by atoms with E-state index >= 15 is 0 Å². The van der Waals surface area contributed by atoms with Gasteiger partial charge in [0.1, 0.15) is 17.3 Å². The summed E-state index contributed by atoms with van der Waals surface area (Å²) in [5.74, 6) is -1.06. The van der Waals surface area contributed by atoms with Crippen LogP contribution in [0.2, 0.25) is 0 Å². The maximum absolute atomic E-state index is 14.6. The van der Waals surface area contributed by atoms with Crippen molar-refractivity contribution in [3.63, 3.8) is 0 Å². The van der Waals surface area contributed by atoms with Crippen LogP contribution in [0.5, 0.6) is 0 Å². The van der Waals surface area contributed by atoms with E-state index in [-0.39, 0.29) is 5.69 Å². The molecule has 2 rings (SSSR count). The zero-order chi connectivity index (χ0) is 18.9. The molecule has 0 amide bonds. The Morgan fingerprint density at radius 3 is 2.04 bits per heavy atom. The smallest absolute Gasteiger partial charge is 0.160 e. The highest BCUT2D eigenvalue weighted by molar-refractivity contribution is 7.14. The monoisotopic (exact) mass is 377 g/mol. The minimum atomic E-state index is -0.531. The van der Waals surface area contributed by atoms with Gasteiger partial charge >= 0.3 is 0 Å². The molecular formula is C21H25F2NOS. The minimum absolute atomic E-state index is 0.0726. The number of thiophene rings is 1. The second-order valence-electron chi connectivity index (χ2n) is 6.22. The lowest BCUT2D eigenvalue weighted by atomic mass is 10.1. The highest BCUT2D eigenvalue weighted by Gasteiger charge is 2.17. The molecule has 26 heavy (non-hydrogen) atoms. The van der Waals surface area contributed by atoms with Gasteiger partial charge in [-0.2, -0.15) is 0 Å². The van der Waals surface area contributed by atoms with Gasteiger partial charge in [-0.3, -0.25) is 4.79 Å². The van der Waals surface area contributed by atoms with Crippen molar-refractivity contribution in [3.8, 4) is 0 Å².